The van der Waals surface area contributed by atoms with E-state index in [-0.39, 0.29) is 0 Å². The van der Waals surface area contributed by atoms with Crippen LogP contribution in [0.5, 0.6) is 5.75 Å². The highest BCUT2D eigenvalue weighted by molar-refractivity contribution is 5.37. The highest BCUT2D eigenvalue weighted by Crippen LogP contribution is 2.33. The number of piperidine rings is 1. The SMILES string of the molecule is c1ccc2c(c1)OCCC2CNC1CCN2CCCC2C1. The number of benzene rings is 1. The number of nitrogens with zero attached hydrogens (tertiary/aromatic N) is 1. The first-order chi connectivity index (χ1) is 10.4. The van der Waals surface area contributed by atoms with Gasteiger partial charge in [0.15, 0.2) is 0 Å². The lowest BCUT2D eigenvalue weighted by molar-refractivity contribution is 0.164. The minimum absolute atomic E-state index is 0.622. The van der Waals surface area contributed by atoms with E-state index in [1.807, 2.05) is 0 Å². The van der Waals surface area contributed by atoms with Crippen molar-refractivity contribution in [2.75, 3.05) is 26.2 Å². The Morgan fingerprint density at radius 2 is 2.10 bits per heavy atom. The molecule has 0 spiro atoms. The second-order valence-electron chi connectivity index (χ2n) is 6.83. The zero-order valence-corrected chi connectivity index (χ0v) is 12.8. The summed E-state index contributed by atoms with van der Waals surface area (Å²) in [5, 5.41) is 3.86. The van der Waals surface area contributed by atoms with Crippen molar-refractivity contribution in [3.63, 3.8) is 0 Å². The van der Waals surface area contributed by atoms with Gasteiger partial charge in [0.1, 0.15) is 5.75 Å². The number of rotatable bonds is 3. The summed E-state index contributed by atoms with van der Waals surface area (Å²) in [6, 6.07) is 10.1. The van der Waals surface area contributed by atoms with Gasteiger partial charge in [-0.2, -0.15) is 0 Å². The van der Waals surface area contributed by atoms with Gasteiger partial charge in [0.05, 0.1) is 6.61 Å². The highest BCUT2D eigenvalue weighted by Gasteiger charge is 2.32. The molecule has 0 aromatic heterocycles. The fourth-order valence-corrected chi connectivity index (χ4v) is 4.35. The van der Waals surface area contributed by atoms with E-state index in [0.717, 1.165) is 37.4 Å². The smallest absolute Gasteiger partial charge is 0.122 e. The van der Waals surface area contributed by atoms with Crippen LogP contribution in [0, 0.1) is 0 Å². The molecule has 3 aliphatic rings. The van der Waals surface area contributed by atoms with E-state index in [1.165, 1.54) is 44.3 Å². The number of fused-ring (bicyclic) bond motifs is 2. The second kappa shape index (κ2) is 5.98. The Morgan fingerprint density at radius 1 is 1.14 bits per heavy atom. The number of para-hydroxylation sites is 1. The quantitative estimate of drug-likeness (QED) is 0.924. The molecule has 21 heavy (non-hydrogen) atoms. The van der Waals surface area contributed by atoms with Crippen molar-refractivity contribution in [1.29, 1.82) is 0 Å². The van der Waals surface area contributed by atoms with E-state index < -0.39 is 0 Å². The molecule has 0 saturated carbocycles. The lowest BCUT2D eigenvalue weighted by atomic mass is 9.91. The molecule has 2 fully saturated rings. The first-order valence-electron chi connectivity index (χ1n) is 8.59. The third kappa shape index (κ3) is 2.82. The van der Waals surface area contributed by atoms with Crippen molar-refractivity contribution in [2.45, 2.75) is 50.1 Å². The van der Waals surface area contributed by atoms with Gasteiger partial charge in [-0.25, -0.2) is 0 Å². The Kier molecular flexibility index (Phi) is 3.87. The average Bonchev–Trinajstić information content (AvgIpc) is 3.00. The van der Waals surface area contributed by atoms with Crippen LogP contribution < -0.4 is 10.1 Å². The predicted molar refractivity (Wildman–Crippen MR) is 84.9 cm³/mol. The largest absolute Gasteiger partial charge is 0.493 e. The van der Waals surface area contributed by atoms with Gasteiger partial charge in [0.25, 0.3) is 0 Å². The zero-order chi connectivity index (χ0) is 14.1. The molecular weight excluding hydrogens is 260 g/mol. The van der Waals surface area contributed by atoms with Crippen molar-refractivity contribution >= 4 is 0 Å². The van der Waals surface area contributed by atoms with Crippen LogP contribution in [0.3, 0.4) is 0 Å². The van der Waals surface area contributed by atoms with Gasteiger partial charge in [-0.05, 0) is 56.8 Å². The number of hydrogen-bond donors (Lipinski definition) is 1. The summed E-state index contributed by atoms with van der Waals surface area (Å²) in [6.45, 7) is 4.61. The molecule has 3 unspecified atom stereocenters. The average molecular weight is 286 g/mol. The van der Waals surface area contributed by atoms with Gasteiger partial charge in [-0.1, -0.05) is 18.2 Å². The maximum Gasteiger partial charge on any atom is 0.122 e. The van der Waals surface area contributed by atoms with Gasteiger partial charge in [-0.15, -0.1) is 0 Å². The van der Waals surface area contributed by atoms with Gasteiger partial charge >= 0.3 is 0 Å². The molecule has 3 heteroatoms. The van der Waals surface area contributed by atoms with Gasteiger partial charge in [0.2, 0.25) is 0 Å². The summed E-state index contributed by atoms with van der Waals surface area (Å²) < 4.78 is 5.77. The van der Waals surface area contributed by atoms with E-state index in [1.54, 1.807) is 0 Å². The summed E-state index contributed by atoms with van der Waals surface area (Å²) in [7, 11) is 0. The summed E-state index contributed by atoms with van der Waals surface area (Å²) >= 11 is 0. The van der Waals surface area contributed by atoms with Crippen LogP contribution in [-0.4, -0.2) is 43.2 Å². The number of ether oxygens (including phenoxy) is 1. The molecule has 1 aromatic carbocycles. The molecule has 3 atom stereocenters. The minimum atomic E-state index is 0.622. The summed E-state index contributed by atoms with van der Waals surface area (Å²) in [5.41, 5.74) is 1.40. The fraction of sp³-hybridized carbons (Fsp3) is 0.667. The van der Waals surface area contributed by atoms with Gasteiger partial charge < -0.3 is 15.0 Å². The van der Waals surface area contributed by atoms with Gasteiger partial charge in [-0.3, -0.25) is 0 Å². The predicted octanol–water partition coefficient (Wildman–Crippen LogP) is 2.77. The topological polar surface area (TPSA) is 24.5 Å². The molecule has 3 nitrogen and oxygen atoms in total. The fourth-order valence-electron chi connectivity index (χ4n) is 4.35. The molecule has 3 heterocycles. The molecule has 3 aliphatic heterocycles. The maximum atomic E-state index is 5.77. The molecule has 0 radical (unpaired) electrons. The van der Waals surface area contributed by atoms with E-state index in [9.17, 15) is 0 Å². The van der Waals surface area contributed by atoms with E-state index >= 15 is 0 Å². The Bertz CT molecular complexity index is 490. The van der Waals surface area contributed by atoms with Crippen LogP contribution in [0.1, 0.15) is 43.6 Å². The Morgan fingerprint density at radius 3 is 3.10 bits per heavy atom. The van der Waals surface area contributed by atoms with Gasteiger partial charge in [0, 0.05) is 24.5 Å². The Labute approximate surface area is 127 Å². The third-order valence-corrected chi connectivity index (χ3v) is 5.56. The number of hydrogen-bond acceptors (Lipinski definition) is 3. The van der Waals surface area contributed by atoms with Crippen molar-refractivity contribution in [3.05, 3.63) is 29.8 Å². The highest BCUT2D eigenvalue weighted by atomic mass is 16.5. The minimum Gasteiger partial charge on any atom is -0.493 e. The normalized spacial score (nSPS) is 32.3. The second-order valence-corrected chi connectivity index (χ2v) is 6.83. The van der Waals surface area contributed by atoms with Crippen LogP contribution in [0.25, 0.3) is 0 Å². The van der Waals surface area contributed by atoms with Crippen molar-refractivity contribution in [1.82, 2.24) is 10.2 Å². The molecular formula is C18H26N2O. The molecule has 0 aliphatic carbocycles. The molecule has 0 bridgehead atoms. The van der Waals surface area contributed by atoms with Crippen LogP contribution in [0.15, 0.2) is 24.3 Å². The van der Waals surface area contributed by atoms with Crippen LogP contribution in [-0.2, 0) is 0 Å². The van der Waals surface area contributed by atoms with Crippen LogP contribution >= 0.6 is 0 Å². The number of nitrogens with one attached hydrogen (secondary N) is 1. The molecule has 1 N–H and O–H groups in total. The summed E-state index contributed by atoms with van der Waals surface area (Å²) in [6.07, 6.45) is 6.64. The molecule has 1 aromatic rings. The Balaban J connectivity index is 1.35. The zero-order valence-electron chi connectivity index (χ0n) is 12.8. The maximum absolute atomic E-state index is 5.77. The standard InChI is InChI=1S/C18H26N2O/c1-2-6-18-17(5-1)14(8-11-21-18)13-19-15-7-10-20-9-3-4-16(20)12-15/h1-2,5-6,14-16,19H,3-4,7-13H2. The Hall–Kier alpha value is -1.06. The molecule has 2 saturated heterocycles. The van der Waals surface area contributed by atoms with E-state index in [0.29, 0.717) is 5.92 Å². The lowest BCUT2D eigenvalue weighted by Crippen LogP contribution is -2.46. The molecule has 4 rings (SSSR count). The molecule has 0 amide bonds. The first-order valence-corrected chi connectivity index (χ1v) is 8.59. The monoisotopic (exact) mass is 286 g/mol. The third-order valence-electron chi connectivity index (χ3n) is 5.56. The van der Waals surface area contributed by atoms with Crippen LogP contribution in [0.4, 0.5) is 0 Å². The van der Waals surface area contributed by atoms with E-state index in [4.69, 9.17) is 4.74 Å². The van der Waals surface area contributed by atoms with Crippen LogP contribution in [0.2, 0.25) is 0 Å². The van der Waals surface area contributed by atoms with Crippen molar-refractivity contribution < 1.29 is 4.74 Å². The lowest BCUT2D eigenvalue weighted by Gasteiger charge is -2.36. The first kappa shape index (κ1) is 13.6. The van der Waals surface area contributed by atoms with Crippen molar-refractivity contribution in [3.8, 4) is 5.75 Å². The summed E-state index contributed by atoms with van der Waals surface area (Å²) in [5.74, 6) is 1.72. The van der Waals surface area contributed by atoms with Crippen molar-refractivity contribution in [2.24, 2.45) is 0 Å². The summed E-state index contributed by atoms with van der Waals surface area (Å²) in [4.78, 5) is 2.70. The van der Waals surface area contributed by atoms with E-state index in [2.05, 4.69) is 34.5 Å². The molecule has 114 valence electrons.